The molecule has 2 unspecified atom stereocenters. The van der Waals surface area contributed by atoms with Gasteiger partial charge in [0.15, 0.2) is 0 Å². The molecule has 0 aromatic carbocycles. The average molecular weight is 400 g/mol. The van der Waals surface area contributed by atoms with Crippen LogP contribution in [0.3, 0.4) is 0 Å². The first-order chi connectivity index (χ1) is 13.7. The first-order valence-corrected chi connectivity index (χ1v) is 12.8. The van der Waals surface area contributed by atoms with Gasteiger partial charge < -0.3 is 10.2 Å². The Kier molecular flexibility index (Phi) is 23.1. The van der Waals surface area contributed by atoms with Crippen molar-refractivity contribution in [3.05, 3.63) is 0 Å². The molecule has 0 amide bonds. The standard InChI is InChI=1S/C25H53NO2/c1-3-5-7-8-9-10-11-12-13-14-15-16-17-18-19-20-21-23-25(28)26-24(27)22-6-4-2/h24-28H,3-23H2,1-2H3. The molecule has 0 aliphatic heterocycles. The van der Waals surface area contributed by atoms with Crippen molar-refractivity contribution in [1.29, 1.82) is 0 Å². The van der Waals surface area contributed by atoms with Gasteiger partial charge in [-0.2, -0.15) is 0 Å². The number of nitrogens with one attached hydrogen (secondary N) is 1. The number of hydrogen-bond acceptors (Lipinski definition) is 3. The highest BCUT2D eigenvalue weighted by Gasteiger charge is 2.09. The minimum atomic E-state index is -0.555. The highest BCUT2D eigenvalue weighted by Crippen LogP contribution is 2.14. The molecule has 0 aliphatic carbocycles. The lowest BCUT2D eigenvalue weighted by Gasteiger charge is -2.17. The van der Waals surface area contributed by atoms with Crippen molar-refractivity contribution >= 4 is 0 Å². The van der Waals surface area contributed by atoms with Gasteiger partial charge in [0.25, 0.3) is 0 Å². The SMILES string of the molecule is CCCCCCCCCCCCCCCCCCCC(O)NC(O)CCCC. The second-order valence-corrected chi connectivity index (χ2v) is 8.79. The van der Waals surface area contributed by atoms with E-state index in [2.05, 4.69) is 19.2 Å². The summed E-state index contributed by atoms with van der Waals surface area (Å²) in [4.78, 5) is 0. The summed E-state index contributed by atoms with van der Waals surface area (Å²) < 4.78 is 0. The molecule has 0 aromatic rings. The van der Waals surface area contributed by atoms with Crippen LogP contribution in [0.25, 0.3) is 0 Å². The quantitative estimate of drug-likeness (QED) is 0.123. The summed E-state index contributed by atoms with van der Waals surface area (Å²) in [6.45, 7) is 4.40. The summed E-state index contributed by atoms with van der Waals surface area (Å²) in [5.41, 5.74) is 0. The number of aliphatic hydroxyl groups excluding tert-OH is 2. The summed E-state index contributed by atoms with van der Waals surface area (Å²) in [7, 11) is 0. The van der Waals surface area contributed by atoms with Crippen LogP contribution in [0.15, 0.2) is 0 Å². The molecule has 0 bridgehead atoms. The lowest BCUT2D eigenvalue weighted by atomic mass is 10.0. The van der Waals surface area contributed by atoms with Gasteiger partial charge in [0.2, 0.25) is 0 Å². The summed E-state index contributed by atoms with van der Waals surface area (Å²) in [5, 5.41) is 22.5. The van der Waals surface area contributed by atoms with Gasteiger partial charge in [-0.1, -0.05) is 123 Å². The van der Waals surface area contributed by atoms with Crippen LogP contribution >= 0.6 is 0 Å². The third kappa shape index (κ3) is 22.2. The maximum absolute atomic E-state index is 9.87. The van der Waals surface area contributed by atoms with E-state index in [9.17, 15) is 10.2 Å². The minimum absolute atomic E-state index is 0.553. The topological polar surface area (TPSA) is 52.5 Å². The Morgan fingerprint density at radius 3 is 1.07 bits per heavy atom. The summed E-state index contributed by atoms with van der Waals surface area (Å²) >= 11 is 0. The van der Waals surface area contributed by atoms with E-state index in [1.807, 2.05) is 0 Å². The Balaban J connectivity index is 3.15. The van der Waals surface area contributed by atoms with Gasteiger partial charge in [0.1, 0.15) is 12.5 Å². The predicted octanol–water partition coefficient (Wildman–Crippen LogP) is 7.44. The molecule has 0 saturated carbocycles. The Bertz CT molecular complexity index is 286. The summed E-state index contributed by atoms with van der Waals surface area (Å²) in [5.74, 6) is 0. The molecule has 3 N–H and O–H groups in total. The number of hydrogen-bond donors (Lipinski definition) is 3. The second kappa shape index (κ2) is 23.2. The normalized spacial score (nSPS) is 13.7. The smallest absolute Gasteiger partial charge is 0.106 e. The number of aliphatic hydroxyl groups is 2. The Morgan fingerprint density at radius 1 is 0.429 bits per heavy atom. The van der Waals surface area contributed by atoms with Crippen molar-refractivity contribution in [2.75, 3.05) is 0 Å². The van der Waals surface area contributed by atoms with Gasteiger partial charge in [0.05, 0.1) is 0 Å². The lowest BCUT2D eigenvalue weighted by Crippen LogP contribution is -2.38. The highest BCUT2D eigenvalue weighted by molar-refractivity contribution is 4.59. The molecule has 0 radical (unpaired) electrons. The first-order valence-electron chi connectivity index (χ1n) is 12.8. The Morgan fingerprint density at radius 2 is 0.714 bits per heavy atom. The third-order valence-corrected chi connectivity index (χ3v) is 5.80. The van der Waals surface area contributed by atoms with Crippen LogP contribution in [0.5, 0.6) is 0 Å². The van der Waals surface area contributed by atoms with E-state index in [-0.39, 0.29) is 0 Å². The van der Waals surface area contributed by atoms with Gasteiger partial charge in [0, 0.05) is 0 Å². The van der Waals surface area contributed by atoms with Crippen LogP contribution in [0, 0.1) is 0 Å². The van der Waals surface area contributed by atoms with E-state index < -0.39 is 12.5 Å². The molecule has 0 aromatic heterocycles. The fraction of sp³-hybridized carbons (Fsp3) is 1.00. The zero-order valence-electron chi connectivity index (χ0n) is 19.4. The van der Waals surface area contributed by atoms with E-state index in [4.69, 9.17) is 0 Å². The zero-order chi connectivity index (χ0) is 20.7. The van der Waals surface area contributed by atoms with Gasteiger partial charge in [-0.15, -0.1) is 0 Å². The molecule has 0 rings (SSSR count). The molecule has 0 saturated heterocycles. The van der Waals surface area contributed by atoms with E-state index in [0.717, 1.165) is 32.1 Å². The van der Waals surface area contributed by atoms with Crippen molar-refractivity contribution in [1.82, 2.24) is 5.32 Å². The molecule has 170 valence electrons. The van der Waals surface area contributed by atoms with E-state index >= 15 is 0 Å². The van der Waals surface area contributed by atoms with E-state index in [1.165, 1.54) is 103 Å². The van der Waals surface area contributed by atoms with Crippen molar-refractivity contribution in [3.8, 4) is 0 Å². The Hall–Kier alpha value is -0.120. The molecule has 0 heterocycles. The van der Waals surface area contributed by atoms with Crippen LogP contribution in [0.4, 0.5) is 0 Å². The fourth-order valence-electron chi connectivity index (χ4n) is 3.85. The third-order valence-electron chi connectivity index (χ3n) is 5.80. The molecule has 0 spiro atoms. The van der Waals surface area contributed by atoms with Crippen LogP contribution in [-0.4, -0.2) is 22.7 Å². The van der Waals surface area contributed by atoms with Crippen LogP contribution in [0.1, 0.15) is 149 Å². The van der Waals surface area contributed by atoms with E-state index in [1.54, 1.807) is 0 Å². The molecule has 0 aliphatic rings. The Labute approximate surface area is 177 Å². The van der Waals surface area contributed by atoms with Gasteiger partial charge >= 0.3 is 0 Å². The van der Waals surface area contributed by atoms with Crippen LogP contribution in [0.2, 0.25) is 0 Å². The largest absolute Gasteiger partial charge is 0.379 e. The highest BCUT2D eigenvalue weighted by atomic mass is 16.3. The maximum atomic E-state index is 9.87. The number of rotatable bonds is 23. The molecule has 0 fully saturated rings. The molecular weight excluding hydrogens is 346 g/mol. The fourth-order valence-corrected chi connectivity index (χ4v) is 3.85. The van der Waals surface area contributed by atoms with Gasteiger partial charge in [-0.05, 0) is 25.7 Å². The van der Waals surface area contributed by atoms with E-state index in [0.29, 0.717) is 0 Å². The summed E-state index contributed by atoms with van der Waals surface area (Å²) in [6, 6.07) is 0. The van der Waals surface area contributed by atoms with Gasteiger partial charge in [-0.3, -0.25) is 5.32 Å². The molecule has 3 nitrogen and oxygen atoms in total. The van der Waals surface area contributed by atoms with Gasteiger partial charge in [-0.25, -0.2) is 0 Å². The van der Waals surface area contributed by atoms with Crippen molar-refractivity contribution in [3.63, 3.8) is 0 Å². The van der Waals surface area contributed by atoms with Crippen LogP contribution in [-0.2, 0) is 0 Å². The number of unbranched alkanes of at least 4 members (excludes halogenated alkanes) is 17. The molecule has 2 atom stereocenters. The first kappa shape index (κ1) is 27.9. The van der Waals surface area contributed by atoms with Crippen LogP contribution < -0.4 is 5.32 Å². The average Bonchev–Trinajstić information content (AvgIpc) is 2.68. The molecule has 28 heavy (non-hydrogen) atoms. The molecular formula is C25H53NO2. The van der Waals surface area contributed by atoms with Crippen molar-refractivity contribution in [2.45, 2.75) is 161 Å². The molecule has 3 heteroatoms. The maximum Gasteiger partial charge on any atom is 0.106 e. The predicted molar refractivity (Wildman–Crippen MR) is 123 cm³/mol. The monoisotopic (exact) mass is 399 g/mol. The zero-order valence-corrected chi connectivity index (χ0v) is 19.4. The second-order valence-electron chi connectivity index (χ2n) is 8.79. The summed E-state index contributed by atoms with van der Waals surface area (Å²) in [6.07, 6.45) is 25.8. The van der Waals surface area contributed by atoms with Crippen molar-refractivity contribution < 1.29 is 10.2 Å². The van der Waals surface area contributed by atoms with Crippen molar-refractivity contribution in [2.24, 2.45) is 0 Å². The minimum Gasteiger partial charge on any atom is -0.379 e. The lowest BCUT2D eigenvalue weighted by molar-refractivity contribution is 0.0312.